The molecule has 0 aliphatic carbocycles. The Labute approximate surface area is 120 Å². The van der Waals surface area contributed by atoms with Crippen LogP contribution in [0.2, 0.25) is 0 Å². The smallest absolute Gasteiger partial charge is 0.123 e. The second-order valence-corrected chi connectivity index (χ2v) is 6.21. The van der Waals surface area contributed by atoms with Crippen molar-refractivity contribution in [1.29, 1.82) is 0 Å². The largest absolute Gasteiger partial charge is 0.490 e. The van der Waals surface area contributed by atoms with E-state index < -0.39 is 0 Å². The maximum atomic E-state index is 6.53. The Kier molecular flexibility index (Phi) is 3.99. The molecule has 2 aliphatic rings. The Morgan fingerprint density at radius 2 is 2.32 bits per heavy atom. The fourth-order valence-electron chi connectivity index (χ4n) is 3.01. The molecule has 104 valence electrons. The first-order chi connectivity index (χ1) is 9.22. The quantitative estimate of drug-likeness (QED) is 0.768. The second kappa shape index (κ2) is 5.72. The van der Waals surface area contributed by atoms with Crippen molar-refractivity contribution in [2.75, 3.05) is 6.61 Å². The number of hydrogen-bond acceptors (Lipinski definition) is 2. The number of ether oxygens (including phenoxy) is 2. The van der Waals surface area contributed by atoms with Crippen molar-refractivity contribution in [3.8, 4) is 5.75 Å². The van der Waals surface area contributed by atoms with Gasteiger partial charge in [-0.05, 0) is 49.8 Å². The van der Waals surface area contributed by atoms with Crippen molar-refractivity contribution in [1.82, 2.24) is 0 Å². The molecule has 1 aromatic rings. The molecule has 0 spiro atoms. The van der Waals surface area contributed by atoms with E-state index in [1.165, 1.54) is 24.0 Å². The maximum Gasteiger partial charge on any atom is 0.123 e. The highest BCUT2D eigenvalue weighted by Crippen LogP contribution is 2.35. The number of fused-ring (bicyclic) bond motifs is 1. The summed E-state index contributed by atoms with van der Waals surface area (Å²) in [6.07, 6.45) is 6.17. The summed E-state index contributed by atoms with van der Waals surface area (Å²) >= 11 is 6.53. The number of hydrogen-bond donors (Lipinski definition) is 0. The molecule has 1 saturated heterocycles. The molecule has 0 radical (unpaired) electrons. The van der Waals surface area contributed by atoms with Crippen LogP contribution in [0, 0.1) is 0 Å². The van der Waals surface area contributed by atoms with E-state index in [0.29, 0.717) is 12.2 Å². The van der Waals surface area contributed by atoms with E-state index in [2.05, 4.69) is 25.1 Å². The van der Waals surface area contributed by atoms with Crippen molar-refractivity contribution in [2.45, 2.75) is 56.6 Å². The molecule has 3 heteroatoms. The molecule has 0 amide bonds. The van der Waals surface area contributed by atoms with Gasteiger partial charge in [-0.3, -0.25) is 0 Å². The van der Waals surface area contributed by atoms with E-state index >= 15 is 0 Å². The van der Waals surface area contributed by atoms with Crippen LogP contribution in [0.1, 0.15) is 49.1 Å². The molecule has 1 aromatic carbocycles. The lowest BCUT2D eigenvalue weighted by Crippen LogP contribution is -2.06. The van der Waals surface area contributed by atoms with Crippen LogP contribution in [0.25, 0.3) is 0 Å². The minimum absolute atomic E-state index is 0.0883. The van der Waals surface area contributed by atoms with Gasteiger partial charge in [0.1, 0.15) is 11.9 Å². The molecule has 2 heterocycles. The molecular formula is C16H21ClO2. The summed E-state index contributed by atoms with van der Waals surface area (Å²) in [4.78, 5) is 0. The van der Waals surface area contributed by atoms with Crippen LogP contribution in [-0.4, -0.2) is 18.8 Å². The Hall–Kier alpha value is -0.730. The standard InChI is InChI=1S/C16H21ClO2/c1-11-9-13-10-12(4-7-16(13)19-11)15(17)6-5-14-3-2-8-18-14/h4,7,10-11,14-15H,2-3,5-6,8-9H2,1H3. The average Bonchev–Trinajstić information content (AvgIpc) is 3.02. The normalized spacial score (nSPS) is 27.1. The zero-order chi connectivity index (χ0) is 13.2. The summed E-state index contributed by atoms with van der Waals surface area (Å²) in [6, 6.07) is 6.38. The predicted molar refractivity (Wildman–Crippen MR) is 77.0 cm³/mol. The van der Waals surface area contributed by atoms with E-state index in [-0.39, 0.29) is 5.38 Å². The fraction of sp³-hybridized carbons (Fsp3) is 0.625. The number of benzene rings is 1. The van der Waals surface area contributed by atoms with E-state index in [9.17, 15) is 0 Å². The third-order valence-electron chi connectivity index (χ3n) is 4.05. The zero-order valence-corrected chi connectivity index (χ0v) is 12.2. The number of halogens is 1. The summed E-state index contributed by atoms with van der Waals surface area (Å²) in [7, 11) is 0. The molecule has 2 nitrogen and oxygen atoms in total. The summed E-state index contributed by atoms with van der Waals surface area (Å²) < 4.78 is 11.4. The number of rotatable bonds is 4. The lowest BCUT2D eigenvalue weighted by Gasteiger charge is -2.14. The number of alkyl halides is 1. The molecule has 1 fully saturated rings. The molecule has 0 N–H and O–H groups in total. The minimum Gasteiger partial charge on any atom is -0.490 e. The van der Waals surface area contributed by atoms with Crippen molar-refractivity contribution >= 4 is 11.6 Å². The summed E-state index contributed by atoms with van der Waals surface area (Å²) in [5.41, 5.74) is 2.52. The molecular weight excluding hydrogens is 260 g/mol. The average molecular weight is 281 g/mol. The molecule has 3 rings (SSSR count). The van der Waals surface area contributed by atoms with Crippen LogP contribution < -0.4 is 4.74 Å². The van der Waals surface area contributed by atoms with Crippen LogP contribution in [0.4, 0.5) is 0 Å². The molecule has 0 aromatic heterocycles. The van der Waals surface area contributed by atoms with Crippen molar-refractivity contribution in [2.24, 2.45) is 0 Å². The maximum absolute atomic E-state index is 6.53. The topological polar surface area (TPSA) is 18.5 Å². The van der Waals surface area contributed by atoms with Gasteiger partial charge in [0.05, 0.1) is 11.5 Å². The Balaban J connectivity index is 1.60. The van der Waals surface area contributed by atoms with Gasteiger partial charge in [-0.1, -0.05) is 12.1 Å². The van der Waals surface area contributed by atoms with E-state index in [1.54, 1.807) is 0 Å². The van der Waals surface area contributed by atoms with Gasteiger partial charge in [-0.2, -0.15) is 0 Å². The van der Waals surface area contributed by atoms with Crippen LogP contribution in [0.15, 0.2) is 18.2 Å². The van der Waals surface area contributed by atoms with Gasteiger partial charge in [0, 0.05) is 13.0 Å². The van der Waals surface area contributed by atoms with E-state index in [0.717, 1.165) is 31.6 Å². The molecule has 3 unspecified atom stereocenters. The zero-order valence-electron chi connectivity index (χ0n) is 11.4. The lowest BCUT2D eigenvalue weighted by molar-refractivity contribution is 0.102. The molecule has 0 saturated carbocycles. The lowest BCUT2D eigenvalue weighted by atomic mass is 10.0. The summed E-state index contributed by atoms with van der Waals surface area (Å²) in [5, 5.41) is 0.0883. The highest BCUT2D eigenvalue weighted by Gasteiger charge is 2.22. The first-order valence-electron chi connectivity index (χ1n) is 7.27. The first kappa shape index (κ1) is 13.3. The van der Waals surface area contributed by atoms with Gasteiger partial charge in [0.2, 0.25) is 0 Å². The van der Waals surface area contributed by atoms with Crippen LogP contribution in [0.3, 0.4) is 0 Å². The van der Waals surface area contributed by atoms with Gasteiger partial charge < -0.3 is 9.47 Å². The predicted octanol–water partition coefficient (Wildman–Crippen LogP) is 4.25. The Bertz CT molecular complexity index is 440. The third-order valence-corrected chi connectivity index (χ3v) is 4.52. The van der Waals surface area contributed by atoms with E-state index in [4.69, 9.17) is 21.1 Å². The first-order valence-corrected chi connectivity index (χ1v) is 7.71. The molecule has 0 bridgehead atoms. The summed E-state index contributed by atoms with van der Waals surface area (Å²) in [6.45, 7) is 3.03. The SMILES string of the molecule is CC1Cc2cc(C(Cl)CCC3CCCO3)ccc2O1. The summed E-state index contributed by atoms with van der Waals surface area (Å²) in [5.74, 6) is 1.03. The Morgan fingerprint density at radius 3 is 3.11 bits per heavy atom. The van der Waals surface area contributed by atoms with Gasteiger partial charge in [0.25, 0.3) is 0 Å². The molecule has 19 heavy (non-hydrogen) atoms. The Morgan fingerprint density at radius 1 is 1.42 bits per heavy atom. The molecule has 2 aliphatic heterocycles. The van der Waals surface area contributed by atoms with Crippen molar-refractivity contribution in [3.05, 3.63) is 29.3 Å². The monoisotopic (exact) mass is 280 g/mol. The fourth-order valence-corrected chi connectivity index (χ4v) is 3.27. The van der Waals surface area contributed by atoms with Gasteiger partial charge in [0.15, 0.2) is 0 Å². The van der Waals surface area contributed by atoms with Gasteiger partial charge in [-0.25, -0.2) is 0 Å². The minimum atomic E-state index is 0.0883. The van der Waals surface area contributed by atoms with Crippen LogP contribution >= 0.6 is 11.6 Å². The molecule has 3 atom stereocenters. The van der Waals surface area contributed by atoms with Gasteiger partial charge in [-0.15, -0.1) is 11.6 Å². The van der Waals surface area contributed by atoms with Crippen LogP contribution in [0.5, 0.6) is 5.75 Å². The van der Waals surface area contributed by atoms with Gasteiger partial charge >= 0.3 is 0 Å². The van der Waals surface area contributed by atoms with Crippen molar-refractivity contribution < 1.29 is 9.47 Å². The third kappa shape index (κ3) is 3.06. The highest BCUT2D eigenvalue weighted by atomic mass is 35.5. The highest BCUT2D eigenvalue weighted by molar-refractivity contribution is 6.20. The van der Waals surface area contributed by atoms with Crippen LogP contribution in [-0.2, 0) is 11.2 Å². The van der Waals surface area contributed by atoms with Crippen molar-refractivity contribution in [3.63, 3.8) is 0 Å². The van der Waals surface area contributed by atoms with E-state index in [1.807, 2.05) is 0 Å². The second-order valence-electron chi connectivity index (χ2n) is 5.68.